The van der Waals surface area contributed by atoms with Gasteiger partial charge < -0.3 is 15.0 Å². The number of piperidine rings is 1. The monoisotopic (exact) mass is 531 g/mol. The summed E-state index contributed by atoms with van der Waals surface area (Å²) in [5.41, 5.74) is 2.93. The summed E-state index contributed by atoms with van der Waals surface area (Å²) in [4.78, 5) is 42.7. The van der Waals surface area contributed by atoms with Crippen LogP contribution in [0.1, 0.15) is 46.4 Å². The lowest BCUT2D eigenvalue weighted by Gasteiger charge is -2.40. The molecule has 0 aliphatic carbocycles. The van der Waals surface area contributed by atoms with E-state index in [2.05, 4.69) is 20.5 Å². The van der Waals surface area contributed by atoms with Gasteiger partial charge in [-0.25, -0.2) is 5.10 Å². The molecule has 1 fully saturated rings. The number of nitrogens with one attached hydrogen (secondary N) is 2. The van der Waals surface area contributed by atoms with Crippen LogP contribution in [0, 0.1) is 6.92 Å². The quantitative estimate of drug-likeness (QED) is 0.377. The fraction of sp³-hybridized carbons (Fsp3) is 0.321. The lowest BCUT2D eigenvalue weighted by atomic mass is 9.78. The second-order valence-electron chi connectivity index (χ2n) is 9.64. The van der Waals surface area contributed by atoms with Crippen molar-refractivity contribution in [3.8, 4) is 5.75 Å². The van der Waals surface area contributed by atoms with Crippen LogP contribution in [0.5, 0.6) is 5.75 Å². The van der Waals surface area contributed by atoms with Gasteiger partial charge in [-0.1, -0.05) is 29.5 Å². The van der Waals surface area contributed by atoms with Crippen LogP contribution in [0.3, 0.4) is 0 Å². The first-order valence-electron chi connectivity index (χ1n) is 12.5. The lowest BCUT2D eigenvalue weighted by molar-refractivity contribution is -0.130. The average molecular weight is 532 g/mol. The normalized spacial score (nSPS) is 14.8. The molecule has 0 atom stereocenters. The molecule has 2 aromatic carbocycles. The molecular formula is C28H29N5O4S. The molecule has 38 heavy (non-hydrogen) atoms. The number of hydrogen-bond acceptors (Lipinski definition) is 7. The predicted molar refractivity (Wildman–Crippen MR) is 145 cm³/mol. The Morgan fingerprint density at radius 3 is 2.55 bits per heavy atom. The van der Waals surface area contributed by atoms with E-state index >= 15 is 0 Å². The maximum atomic E-state index is 13.0. The minimum Gasteiger partial charge on any atom is -0.489 e. The number of aromatic amines is 1. The topological polar surface area (TPSA) is 117 Å². The van der Waals surface area contributed by atoms with Gasteiger partial charge in [0.25, 0.3) is 5.91 Å². The average Bonchev–Trinajstić information content (AvgIpc) is 3.37. The van der Waals surface area contributed by atoms with Gasteiger partial charge in [0, 0.05) is 54.2 Å². The molecule has 0 spiro atoms. The first kappa shape index (κ1) is 25.6. The Morgan fingerprint density at radius 2 is 1.87 bits per heavy atom. The van der Waals surface area contributed by atoms with Crippen molar-refractivity contribution < 1.29 is 14.3 Å². The molecule has 10 heteroatoms. The first-order chi connectivity index (χ1) is 18.3. The summed E-state index contributed by atoms with van der Waals surface area (Å²) >= 11 is 1.06. The molecule has 0 unspecified atom stereocenters. The summed E-state index contributed by atoms with van der Waals surface area (Å²) in [5.74, 6) is 0.463. The smallest absolute Gasteiger partial charge is 0.322 e. The number of carbonyl (C=O) groups excluding carboxylic acids is 2. The Labute approximate surface area is 223 Å². The second-order valence-corrected chi connectivity index (χ2v) is 10.6. The van der Waals surface area contributed by atoms with E-state index in [0.29, 0.717) is 55.4 Å². The van der Waals surface area contributed by atoms with E-state index in [-0.39, 0.29) is 16.7 Å². The number of aromatic nitrogens is 3. The fourth-order valence-corrected chi connectivity index (χ4v) is 5.75. The van der Waals surface area contributed by atoms with Crippen LogP contribution in [-0.2, 0) is 16.8 Å². The number of aryl methyl sites for hydroxylation is 1. The van der Waals surface area contributed by atoms with Crippen molar-refractivity contribution in [2.75, 3.05) is 19.6 Å². The summed E-state index contributed by atoms with van der Waals surface area (Å²) in [5, 5.41) is 11.4. The zero-order valence-electron chi connectivity index (χ0n) is 21.3. The van der Waals surface area contributed by atoms with E-state index in [1.807, 2.05) is 37.3 Å². The van der Waals surface area contributed by atoms with Crippen LogP contribution in [0.4, 0.5) is 0 Å². The Kier molecular flexibility index (Phi) is 7.24. The van der Waals surface area contributed by atoms with Crippen molar-refractivity contribution in [3.05, 3.63) is 86.1 Å². The maximum absolute atomic E-state index is 13.0. The highest BCUT2D eigenvalue weighted by Crippen LogP contribution is 2.35. The van der Waals surface area contributed by atoms with E-state index < -0.39 is 5.41 Å². The zero-order chi connectivity index (χ0) is 26.7. The highest BCUT2D eigenvalue weighted by atomic mass is 32.1. The van der Waals surface area contributed by atoms with Crippen LogP contribution in [0.2, 0.25) is 0 Å². The maximum Gasteiger partial charge on any atom is 0.322 e. The number of ether oxygens (including phenoxy) is 1. The molecule has 2 amide bonds. The van der Waals surface area contributed by atoms with Crippen LogP contribution in [-0.4, -0.2) is 51.5 Å². The number of H-pyrrole nitrogens is 1. The molecule has 9 nitrogen and oxygen atoms in total. The summed E-state index contributed by atoms with van der Waals surface area (Å²) in [6.45, 7) is 5.34. The highest BCUT2D eigenvalue weighted by molar-refractivity contribution is 7.09. The number of para-hydroxylation sites is 1. The third-order valence-corrected chi connectivity index (χ3v) is 8.08. The number of likely N-dealkylation sites (tertiary alicyclic amines) is 1. The van der Waals surface area contributed by atoms with Crippen LogP contribution in [0.15, 0.2) is 59.4 Å². The number of hydrogen-bond donors (Lipinski definition) is 2. The largest absolute Gasteiger partial charge is 0.489 e. The van der Waals surface area contributed by atoms with E-state index in [9.17, 15) is 14.4 Å². The van der Waals surface area contributed by atoms with Gasteiger partial charge in [-0.3, -0.25) is 19.4 Å². The number of nitrogens with zero attached hydrogens (tertiary/aromatic N) is 3. The van der Waals surface area contributed by atoms with Gasteiger partial charge in [-0.15, -0.1) is 0 Å². The van der Waals surface area contributed by atoms with E-state index in [4.69, 9.17) is 4.74 Å². The van der Waals surface area contributed by atoms with Gasteiger partial charge in [0.2, 0.25) is 5.91 Å². The fourth-order valence-electron chi connectivity index (χ4n) is 4.90. The molecule has 2 N–H and O–H groups in total. The number of rotatable bonds is 7. The van der Waals surface area contributed by atoms with Gasteiger partial charge >= 0.3 is 4.87 Å². The van der Waals surface area contributed by atoms with Gasteiger partial charge in [0.1, 0.15) is 17.4 Å². The molecule has 1 aliphatic heterocycles. The third-order valence-electron chi connectivity index (χ3n) is 7.09. The SMILES string of the molecule is CC(=O)N1CCC(CNC(=O)c2ccc(OCc3cc(C)nc4ccccc34)cc2)(c2n[nH]c(=O)s2)CC1. The molecule has 5 rings (SSSR count). The Morgan fingerprint density at radius 1 is 1.13 bits per heavy atom. The molecule has 1 aliphatic rings. The summed E-state index contributed by atoms with van der Waals surface area (Å²) in [6, 6.07) is 17.0. The van der Waals surface area contributed by atoms with E-state index in [1.165, 1.54) is 0 Å². The summed E-state index contributed by atoms with van der Waals surface area (Å²) in [7, 11) is 0. The van der Waals surface area contributed by atoms with Gasteiger partial charge in [0.05, 0.1) is 5.52 Å². The standard InChI is InChI=1S/C28H29N5O4S/c1-18-15-21(23-5-3-4-6-24(23)30-18)16-37-22-9-7-20(8-10-22)25(35)29-17-28(26-31-32-27(36)38-26)11-13-33(14-12-28)19(2)34/h3-10,15H,11-14,16-17H2,1-2H3,(H,29,35)(H,32,36). The summed E-state index contributed by atoms with van der Waals surface area (Å²) < 4.78 is 6.02. The second kappa shape index (κ2) is 10.7. The summed E-state index contributed by atoms with van der Waals surface area (Å²) in [6.07, 6.45) is 1.23. The third kappa shape index (κ3) is 5.45. The minimum absolute atomic E-state index is 0.0208. The molecule has 0 radical (unpaired) electrons. The molecule has 3 heterocycles. The number of carbonyl (C=O) groups is 2. The van der Waals surface area contributed by atoms with Crippen LogP contribution >= 0.6 is 11.3 Å². The van der Waals surface area contributed by atoms with Crippen molar-refractivity contribution in [2.24, 2.45) is 0 Å². The van der Waals surface area contributed by atoms with Crippen molar-refractivity contribution in [3.63, 3.8) is 0 Å². The minimum atomic E-state index is -0.500. The Balaban J connectivity index is 1.24. The zero-order valence-corrected chi connectivity index (χ0v) is 22.1. The van der Waals surface area contributed by atoms with Crippen molar-refractivity contribution in [1.29, 1.82) is 0 Å². The number of fused-ring (bicyclic) bond motifs is 1. The molecular weight excluding hydrogens is 502 g/mol. The number of amides is 2. The predicted octanol–water partition coefficient (Wildman–Crippen LogP) is 3.58. The van der Waals surface area contributed by atoms with Crippen molar-refractivity contribution in [2.45, 2.75) is 38.7 Å². The van der Waals surface area contributed by atoms with Gasteiger partial charge in [-0.05, 0) is 56.2 Å². The Bertz CT molecular complexity index is 1520. The molecule has 1 saturated heterocycles. The van der Waals surface area contributed by atoms with E-state index in [1.54, 1.807) is 36.1 Å². The van der Waals surface area contributed by atoms with Crippen LogP contribution < -0.4 is 14.9 Å². The molecule has 4 aromatic rings. The number of benzene rings is 2. The van der Waals surface area contributed by atoms with Crippen molar-refractivity contribution >= 4 is 34.1 Å². The Hall–Kier alpha value is -4.05. The van der Waals surface area contributed by atoms with Gasteiger partial charge in [-0.2, -0.15) is 5.10 Å². The molecule has 0 saturated carbocycles. The lowest BCUT2D eigenvalue weighted by Crippen LogP contribution is -2.50. The van der Waals surface area contributed by atoms with Crippen molar-refractivity contribution in [1.82, 2.24) is 25.4 Å². The molecule has 0 bridgehead atoms. The molecule has 196 valence electrons. The number of pyridine rings is 1. The first-order valence-corrected chi connectivity index (χ1v) is 13.3. The molecule has 2 aromatic heterocycles. The van der Waals surface area contributed by atoms with E-state index in [0.717, 1.165) is 33.5 Å². The highest BCUT2D eigenvalue weighted by Gasteiger charge is 2.40. The van der Waals surface area contributed by atoms with Crippen LogP contribution in [0.25, 0.3) is 10.9 Å². The van der Waals surface area contributed by atoms with Gasteiger partial charge in [0.15, 0.2) is 0 Å².